The molecule has 22 heavy (non-hydrogen) atoms. The van der Waals surface area contributed by atoms with Crippen molar-refractivity contribution in [2.24, 2.45) is 0 Å². The number of piperidine rings is 1. The van der Waals surface area contributed by atoms with Crippen molar-refractivity contribution >= 4 is 23.2 Å². The van der Waals surface area contributed by atoms with Crippen LogP contribution in [0.4, 0.5) is 0 Å². The highest BCUT2D eigenvalue weighted by molar-refractivity contribution is 7.13. The zero-order valence-corrected chi connectivity index (χ0v) is 13.5. The van der Waals surface area contributed by atoms with Gasteiger partial charge in [-0.05, 0) is 50.3 Å². The summed E-state index contributed by atoms with van der Waals surface area (Å²) in [6, 6.07) is 5.45. The number of carbonyl (C=O) groups excluding carboxylic acids is 2. The molecule has 2 N–H and O–H groups in total. The molecule has 6 heteroatoms. The van der Waals surface area contributed by atoms with E-state index in [4.69, 9.17) is 0 Å². The smallest absolute Gasteiger partial charge is 0.254 e. The highest BCUT2D eigenvalue weighted by atomic mass is 32.1. The van der Waals surface area contributed by atoms with Crippen LogP contribution in [0.1, 0.15) is 34.6 Å². The summed E-state index contributed by atoms with van der Waals surface area (Å²) >= 11 is 1.53. The van der Waals surface area contributed by atoms with Gasteiger partial charge in [-0.1, -0.05) is 0 Å². The minimum Gasteiger partial charge on any atom is -0.354 e. The van der Waals surface area contributed by atoms with Crippen LogP contribution in [0.25, 0.3) is 5.00 Å². The Labute approximate surface area is 133 Å². The number of hydrogen-bond donors (Lipinski definition) is 2. The highest BCUT2D eigenvalue weighted by Crippen LogP contribution is 2.26. The minimum atomic E-state index is -0.430. The monoisotopic (exact) mass is 317 g/mol. The Morgan fingerprint density at radius 2 is 2.05 bits per heavy atom. The van der Waals surface area contributed by atoms with Crippen LogP contribution in [0.2, 0.25) is 0 Å². The number of nitrogens with zero attached hydrogens (tertiary/aromatic N) is 1. The van der Waals surface area contributed by atoms with Crippen molar-refractivity contribution in [3.8, 4) is 5.00 Å². The summed E-state index contributed by atoms with van der Waals surface area (Å²) in [6.07, 6.45) is 1.58. The number of aryl methyl sites for hydroxylation is 2. The van der Waals surface area contributed by atoms with E-state index in [1.165, 1.54) is 11.3 Å². The normalized spacial score (nSPS) is 18.1. The fourth-order valence-electron chi connectivity index (χ4n) is 2.78. The van der Waals surface area contributed by atoms with Crippen LogP contribution in [-0.2, 0) is 4.79 Å². The Kier molecular flexibility index (Phi) is 4.02. The molecule has 0 aromatic carbocycles. The Balaban J connectivity index is 1.85. The summed E-state index contributed by atoms with van der Waals surface area (Å²) in [4.78, 5) is 24.4. The maximum Gasteiger partial charge on any atom is 0.254 e. The lowest BCUT2D eigenvalue weighted by molar-refractivity contribution is -0.124. The fourth-order valence-corrected chi connectivity index (χ4v) is 3.80. The predicted octanol–water partition coefficient (Wildman–Crippen LogP) is 2.16. The molecule has 3 heterocycles. The maximum absolute atomic E-state index is 12.6. The van der Waals surface area contributed by atoms with Crippen LogP contribution in [-0.4, -0.2) is 29.0 Å². The van der Waals surface area contributed by atoms with Gasteiger partial charge in [-0.3, -0.25) is 9.59 Å². The van der Waals surface area contributed by atoms with Crippen LogP contribution >= 0.6 is 11.3 Å². The number of rotatable bonds is 3. The standard InChI is InChI=1S/C16H19N3O2S/c1-10-5-6-11(2)19(10)16-12(7-9-22-16)14(20)18-13-4-3-8-17-15(13)21/h5-7,9,13H,3-4,8H2,1-2H3,(H,17,21)(H,18,20)/t13-/m0/s1. The Bertz CT molecular complexity index is 697. The number of aromatic nitrogens is 1. The van der Waals surface area contributed by atoms with Gasteiger partial charge in [-0.25, -0.2) is 0 Å². The van der Waals surface area contributed by atoms with Gasteiger partial charge in [-0.2, -0.15) is 0 Å². The number of hydrogen-bond acceptors (Lipinski definition) is 3. The second kappa shape index (κ2) is 5.96. The van der Waals surface area contributed by atoms with E-state index in [9.17, 15) is 9.59 Å². The van der Waals surface area contributed by atoms with Crippen LogP contribution in [0.5, 0.6) is 0 Å². The molecule has 3 rings (SSSR count). The van der Waals surface area contributed by atoms with Crippen molar-refractivity contribution in [1.82, 2.24) is 15.2 Å². The molecule has 2 aromatic heterocycles. The van der Waals surface area contributed by atoms with Crippen molar-refractivity contribution in [1.29, 1.82) is 0 Å². The molecular weight excluding hydrogens is 298 g/mol. The van der Waals surface area contributed by atoms with Crippen molar-refractivity contribution in [3.63, 3.8) is 0 Å². The summed E-state index contributed by atoms with van der Waals surface area (Å²) in [6.45, 7) is 4.72. The molecule has 0 saturated carbocycles. The van der Waals surface area contributed by atoms with Gasteiger partial charge in [0.1, 0.15) is 11.0 Å². The molecule has 0 radical (unpaired) electrons. The lowest BCUT2D eigenvalue weighted by Gasteiger charge is -2.23. The third-order valence-electron chi connectivity index (χ3n) is 3.95. The van der Waals surface area contributed by atoms with Crippen LogP contribution in [0.15, 0.2) is 23.6 Å². The first-order valence-corrected chi connectivity index (χ1v) is 8.27. The van der Waals surface area contributed by atoms with E-state index in [1.54, 1.807) is 0 Å². The van der Waals surface area contributed by atoms with Crippen molar-refractivity contribution in [2.45, 2.75) is 32.7 Å². The Morgan fingerprint density at radius 1 is 1.32 bits per heavy atom. The molecule has 0 bridgehead atoms. The van der Waals surface area contributed by atoms with Gasteiger partial charge in [0.25, 0.3) is 5.91 Å². The average molecular weight is 317 g/mol. The molecular formula is C16H19N3O2S. The van der Waals surface area contributed by atoms with Gasteiger partial charge in [0.05, 0.1) is 5.56 Å². The van der Waals surface area contributed by atoms with E-state index < -0.39 is 6.04 Å². The molecule has 1 aliphatic heterocycles. The van der Waals surface area contributed by atoms with Gasteiger partial charge in [0.15, 0.2) is 0 Å². The molecule has 0 spiro atoms. The summed E-state index contributed by atoms with van der Waals surface area (Å²) in [5, 5.41) is 8.45. The van der Waals surface area contributed by atoms with Crippen molar-refractivity contribution in [2.75, 3.05) is 6.54 Å². The zero-order valence-electron chi connectivity index (χ0n) is 12.7. The first kappa shape index (κ1) is 14.8. The van der Waals surface area contributed by atoms with Gasteiger partial charge >= 0.3 is 0 Å². The largest absolute Gasteiger partial charge is 0.354 e. The maximum atomic E-state index is 12.6. The predicted molar refractivity (Wildman–Crippen MR) is 86.6 cm³/mol. The molecule has 1 aliphatic rings. The topological polar surface area (TPSA) is 63.1 Å². The molecule has 2 amide bonds. The molecule has 1 fully saturated rings. The summed E-state index contributed by atoms with van der Waals surface area (Å²) < 4.78 is 2.07. The molecule has 0 unspecified atom stereocenters. The highest BCUT2D eigenvalue weighted by Gasteiger charge is 2.25. The van der Waals surface area contributed by atoms with E-state index in [0.29, 0.717) is 18.5 Å². The summed E-state index contributed by atoms with van der Waals surface area (Å²) in [5.74, 6) is -0.282. The first-order valence-electron chi connectivity index (χ1n) is 7.39. The molecule has 2 aromatic rings. The van der Waals surface area contributed by atoms with E-state index >= 15 is 0 Å². The van der Waals surface area contributed by atoms with Gasteiger partial charge in [-0.15, -0.1) is 11.3 Å². The number of nitrogens with one attached hydrogen (secondary N) is 2. The van der Waals surface area contributed by atoms with Crippen LogP contribution in [0, 0.1) is 13.8 Å². The van der Waals surface area contributed by atoms with Gasteiger partial charge in [0, 0.05) is 17.9 Å². The lowest BCUT2D eigenvalue weighted by atomic mass is 10.1. The molecule has 0 aliphatic carbocycles. The van der Waals surface area contributed by atoms with E-state index in [2.05, 4.69) is 15.2 Å². The number of amides is 2. The van der Waals surface area contributed by atoms with Crippen LogP contribution < -0.4 is 10.6 Å². The van der Waals surface area contributed by atoms with Crippen molar-refractivity contribution < 1.29 is 9.59 Å². The lowest BCUT2D eigenvalue weighted by Crippen LogP contribution is -2.50. The molecule has 1 atom stereocenters. The second-order valence-electron chi connectivity index (χ2n) is 5.55. The summed E-state index contributed by atoms with van der Waals surface area (Å²) in [7, 11) is 0. The Hall–Kier alpha value is -2.08. The average Bonchev–Trinajstić information content (AvgIpc) is 3.08. The third kappa shape index (κ3) is 2.66. The SMILES string of the molecule is Cc1ccc(C)n1-c1sccc1C(=O)N[C@H]1CCCNC1=O. The molecule has 1 saturated heterocycles. The zero-order chi connectivity index (χ0) is 15.7. The summed E-state index contributed by atoms with van der Waals surface area (Å²) in [5.41, 5.74) is 2.79. The van der Waals surface area contributed by atoms with Gasteiger partial charge < -0.3 is 15.2 Å². The van der Waals surface area contributed by atoms with Gasteiger partial charge in [0.2, 0.25) is 5.91 Å². The van der Waals surface area contributed by atoms with E-state index in [-0.39, 0.29) is 11.8 Å². The molecule has 116 valence electrons. The fraction of sp³-hybridized carbons (Fsp3) is 0.375. The number of carbonyl (C=O) groups is 2. The second-order valence-corrected chi connectivity index (χ2v) is 6.44. The van der Waals surface area contributed by atoms with Crippen molar-refractivity contribution in [3.05, 3.63) is 40.5 Å². The first-order chi connectivity index (χ1) is 10.6. The number of thiophene rings is 1. The molecule has 5 nitrogen and oxygen atoms in total. The Morgan fingerprint density at radius 3 is 2.73 bits per heavy atom. The minimum absolute atomic E-state index is 0.0929. The quantitative estimate of drug-likeness (QED) is 0.911. The van der Waals surface area contributed by atoms with E-state index in [1.807, 2.05) is 37.4 Å². The third-order valence-corrected chi connectivity index (χ3v) is 4.85. The van der Waals surface area contributed by atoms with E-state index in [0.717, 1.165) is 22.8 Å². The van der Waals surface area contributed by atoms with Crippen LogP contribution in [0.3, 0.4) is 0 Å².